The minimum Gasteiger partial charge on any atom is -0.325 e. The van der Waals surface area contributed by atoms with Crippen LogP contribution in [0.4, 0.5) is 5.69 Å². The monoisotopic (exact) mass is 340 g/mol. The summed E-state index contributed by atoms with van der Waals surface area (Å²) in [6.07, 6.45) is 0. The van der Waals surface area contributed by atoms with Gasteiger partial charge in [-0.05, 0) is 42.5 Å². The van der Waals surface area contributed by atoms with Crippen molar-refractivity contribution in [2.24, 2.45) is 17.8 Å². The Morgan fingerprint density at radius 1 is 1.20 bits per heavy atom. The molecule has 0 spiro atoms. The average Bonchev–Trinajstić information content (AvgIpc) is 2.33. The number of anilines is 1. The third-order valence-corrected chi connectivity index (χ3v) is 3.98. The maximum Gasteiger partial charge on any atom is 0.238 e. The molecule has 0 bridgehead atoms. The first-order chi connectivity index (χ1) is 9.40. The fourth-order valence-corrected chi connectivity index (χ4v) is 2.76. The molecule has 0 aromatic heterocycles. The van der Waals surface area contributed by atoms with Gasteiger partial charge in [0, 0.05) is 10.2 Å². The average molecular weight is 341 g/mol. The Kier molecular flexibility index (Phi) is 7.24. The van der Waals surface area contributed by atoms with Gasteiger partial charge in [0.05, 0.1) is 6.54 Å². The summed E-state index contributed by atoms with van der Waals surface area (Å²) in [6, 6.07) is 7.61. The predicted octanol–water partition coefficient (Wildman–Crippen LogP) is 3.91. The third kappa shape index (κ3) is 6.06. The molecule has 4 heteroatoms. The van der Waals surface area contributed by atoms with Crippen molar-refractivity contribution in [3.05, 3.63) is 28.7 Å². The van der Waals surface area contributed by atoms with Gasteiger partial charge in [0.15, 0.2) is 0 Å². The van der Waals surface area contributed by atoms with Crippen LogP contribution in [0, 0.1) is 17.8 Å². The van der Waals surface area contributed by atoms with Crippen LogP contribution in [0.3, 0.4) is 0 Å². The topological polar surface area (TPSA) is 41.1 Å². The molecule has 0 fully saturated rings. The second-order valence-corrected chi connectivity index (χ2v) is 6.76. The fraction of sp³-hybridized carbons (Fsp3) is 0.562. The summed E-state index contributed by atoms with van der Waals surface area (Å²) in [5.74, 6) is 1.83. The lowest BCUT2D eigenvalue weighted by Gasteiger charge is -2.25. The third-order valence-electron chi connectivity index (χ3n) is 3.49. The Morgan fingerprint density at radius 3 is 2.40 bits per heavy atom. The van der Waals surface area contributed by atoms with E-state index in [1.807, 2.05) is 24.3 Å². The summed E-state index contributed by atoms with van der Waals surface area (Å²) in [5.41, 5.74) is 0.815. The number of hydrogen-bond acceptors (Lipinski definition) is 2. The lowest BCUT2D eigenvalue weighted by atomic mass is 9.85. The van der Waals surface area contributed by atoms with Crippen LogP contribution >= 0.6 is 15.9 Å². The number of rotatable bonds is 7. The minimum absolute atomic E-state index is 0.00522. The van der Waals surface area contributed by atoms with E-state index < -0.39 is 0 Å². The molecule has 0 aliphatic carbocycles. The van der Waals surface area contributed by atoms with Gasteiger partial charge in [-0.1, -0.05) is 49.7 Å². The number of benzene rings is 1. The summed E-state index contributed by atoms with van der Waals surface area (Å²) in [5, 5.41) is 6.14. The summed E-state index contributed by atoms with van der Waals surface area (Å²) < 4.78 is 0.961. The second-order valence-electron chi connectivity index (χ2n) is 5.84. The molecule has 0 heterocycles. The number of nitrogens with one attached hydrogen (secondary N) is 2. The Bertz CT molecular complexity index is 424. The van der Waals surface area contributed by atoms with E-state index in [4.69, 9.17) is 0 Å². The standard InChI is InChI=1S/C16H25BrN2O/c1-11(2)15(12(3)4)9-18-10-16(20)19-14-7-5-6-13(17)8-14/h5-8,11-12,15,18H,9-10H2,1-4H3,(H,19,20). The van der Waals surface area contributed by atoms with Crippen LogP contribution < -0.4 is 10.6 Å². The van der Waals surface area contributed by atoms with Crippen LogP contribution in [0.1, 0.15) is 27.7 Å². The maximum absolute atomic E-state index is 11.9. The molecule has 0 aliphatic rings. The Hall–Kier alpha value is -0.870. The van der Waals surface area contributed by atoms with Gasteiger partial charge in [0.1, 0.15) is 0 Å². The number of carbonyl (C=O) groups is 1. The molecule has 0 unspecified atom stereocenters. The van der Waals surface area contributed by atoms with Crippen molar-refractivity contribution in [2.45, 2.75) is 27.7 Å². The van der Waals surface area contributed by atoms with E-state index in [2.05, 4.69) is 54.3 Å². The highest BCUT2D eigenvalue weighted by atomic mass is 79.9. The molecule has 20 heavy (non-hydrogen) atoms. The van der Waals surface area contributed by atoms with Crippen molar-refractivity contribution < 1.29 is 4.79 Å². The molecular weight excluding hydrogens is 316 g/mol. The van der Waals surface area contributed by atoms with Gasteiger partial charge in [-0.25, -0.2) is 0 Å². The van der Waals surface area contributed by atoms with E-state index >= 15 is 0 Å². The highest BCUT2D eigenvalue weighted by Gasteiger charge is 2.17. The first kappa shape index (κ1) is 17.2. The van der Waals surface area contributed by atoms with Gasteiger partial charge in [-0.15, -0.1) is 0 Å². The van der Waals surface area contributed by atoms with Crippen molar-refractivity contribution >= 4 is 27.5 Å². The van der Waals surface area contributed by atoms with Crippen LogP contribution in [0.15, 0.2) is 28.7 Å². The zero-order valence-electron chi connectivity index (χ0n) is 12.7. The number of carbonyl (C=O) groups excluding carboxylic acids is 1. The summed E-state index contributed by atoms with van der Waals surface area (Å²) in [6.45, 7) is 10.1. The smallest absolute Gasteiger partial charge is 0.238 e. The predicted molar refractivity (Wildman–Crippen MR) is 88.8 cm³/mol. The molecule has 1 aromatic rings. The maximum atomic E-state index is 11.9. The lowest BCUT2D eigenvalue weighted by Crippen LogP contribution is -2.35. The van der Waals surface area contributed by atoms with Crippen LogP contribution in [0.25, 0.3) is 0 Å². The molecule has 1 rings (SSSR count). The van der Waals surface area contributed by atoms with E-state index in [1.165, 1.54) is 0 Å². The Balaban J connectivity index is 2.36. The first-order valence-electron chi connectivity index (χ1n) is 7.16. The van der Waals surface area contributed by atoms with Gasteiger partial charge in [-0.3, -0.25) is 4.79 Å². The molecule has 0 radical (unpaired) electrons. The van der Waals surface area contributed by atoms with Gasteiger partial charge < -0.3 is 10.6 Å². The lowest BCUT2D eigenvalue weighted by molar-refractivity contribution is -0.115. The minimum atomic E-state index is -0.00522. The van der Waals surface area contributed by atoms with Gasteiger partial charge in [0.2, 0.25) is 5.91 Å². The fourth-order valence-electron chi connectivity index (χ4n) is 2.36. The van der Waals surface area contributed by atoms with E-state index in [0.29, 0.717) is 24.3 Å². The molecule has 1 amide bonds. The molecule has 0 saturated heterocycles. The quantitative estimate of drug-likeness (QED) is 0.790. The summed E-state index contributed by atoms with van der Waals surface area (Å²) in [4.78, 5) is 11.9. The molecule has 1 aromatic carbocycles. The number of amides is 1. The van der Waals surface area contributed by atoms with Gasteiger partial charge in [-0.2, -0.15) is 0 Å². The van der Waals surface area contributed by atoms with Crippen molar-refractivity contribution in [3.63, 3.8) is 0 Å². The summed E-state index contributed by atoms with van der Waals surface area (Å²) >= 11 is 3.39. The normalized spacial score (nSPS) is 11.4. The molecule has 0 atom stereocenters. The number of halogens is 1. The van der Waals surface area contributed by atoms with Crippen molar-refractivity contribution in [2.75, 3.05) is 18.4 Å². The number of hydrogen-bond donors (Lipinski definition) is 2. The SMILES string of the molecule is CC(C)C(CNCC(=O)Nc1cccc(Br)c1)C(C)C. The molecule has 2 N–H and O–H groups in total. The van der Waals surface area contributed by atoms with Crippen LogP contribution in [0.2, 0.25) is 0 Å². The van der Waals surface area contributed by atoms with Gasteiger partial charge in [0.25, 0.3) is 0 Å². The highest BCUT2D eigenvalue weighted by molar-refractivity contribution is 9.10. The van der Waals surface area contributed by atoms with E-state index in [1.54, 1.807) is 0 Å². The first-order valence-corrected chi connectivity index (χ1v) is 7.95. The Labute approximate surface area is 130 Å². The van der Waals surface area contributed by atoms with Crippen LogP contribution in [0.5, 0.6) is 0 Å². The molecule has 3 nitrogen and oxygen atoms in total. The van der Waals surface area contributed by atoms with Crippen molar-refractivity contribution in [1.82, 2.24) is 5.32 Å². The van der Waals surface area contributed by atoms with Gasteiger partial charge >= 0.3 is 0 Å². The zero-order valence-corrected chi connectivity index (χ0v) is 14.3. The largest absolute Gasteiger partial charge is 0.325 e. The second kappa shape index (κ2) is 8.42. The summed E-state index contributed by atoms with van der Waals surface area (Å²) in [7, 11) is 0. The Morgan fingerprint density at radius 2 is 1.85 bits per heavy atom. The van der Waals surface area contributed by atoms with Crippen molar-refractivity contribution in [3.8, 4) is 0 Å². The van der Waals surface area contributed by atoms with Crippen LogP contribution in [-0.4, -0.2) is 19.0 Å². The molecule has 112 valence electrons. The molecular formula is C16H25BrN2O. The van der Waals surface area contributed by atoms with E-state index in [9.17, 15) is 4.79 Å². The molecule has 0 saturated carbocycles. The van der Waals surface area contributed by atoms with Crippen molar-refractivity contribution in [1.29, 1.82) is 0 Å². The molecule has 0 aliphatic heterocycles. The highest BCUT2D eigenvalue weighted by Crippen LogP contribution is 2.19. The van der Waals surface area contributed by atoms with Crippen LogP contribution in [-0.2, 0) is 4.79 Å². The van der Waals surface area contributed by atoms with E-state index in [0.717, 1.165) is 16.7 Å². The van der Waals surface area contributed by atoms with E-state index in [-0.39, 0.29) is 5.91 Å². The zero-order chi connectivity index (χ0) is 15.1.